The number of benzene rings is 2. The third-order valence-electron chi connectivity index (χ3n) is 6.03. The number of carbonyl (C=O) groups is 1. The zero-order valence-corrected chi connectivity index (χ0v) is 21.8. The summed E-state index contributed by atoms with van der Waals surface area (Å²) in [4.78, 5) is 25.7. The molecule has 37 heavy (non-hydrogen) atoms. The molecule has 0 radical (unpaired) electrons. The Morgan fingerprint density at radius 1 is 0.919 bits per heavy atom. The summed E-state index contributed by atoms with van der Waals surface area (Å²) in [6, 6.07) is 15.6. The van der Waals surface area contributed by atoms with E-state index in [9.17, 15) is 9.59 Å². The average Bonchev–Trinajstić information content (AvgIpc) is 3.35. The van der Waals surface area contributed by atoms with Gasteiger partial charge in [-0.3, -0.25) is 9.59 Å². The van der Waals surface area contributed by atoms with Gasteiger partial charge in [0.15, 0.2) is 11.5 Å². The van der Waals surface area contributed by atoms with Gasteiger partial charge in [-0.05, 0) is 62.9 Å². The van der Waals surface area contributed by atoms with Gasteiger partial charge in [0.1, 0.15) is 17.9 Å². The number of rotatable bonds is 11. The van der Waals surface area contributed by atoms with Crippen LogP contribution in [0.4, 0.5) is 0 Å². The van der Waals surface area contributed by atoms with E-state index in [1.807, 2.05) is 44.2 Å². The van der Waals surface area contributed by atoms with Gasteiger partial charge < -0.3 is 14.8 Å². The van der Waals surface area contributed by atoms with Crippen molar-refractivity contribution in [2.24, 2.45) is 0 Å². The summed E-state index contributed by atoms with van der Waals surface area (Å²) in [5.74, 6) is 1.63. The minimum atomic E-state index is -0.363. The summed E-state index contributed by atoms with van der Waals surface area (Å²) < 4.78 is 14.0. The molecule has 2 aromatic carbocycles. The first kappa shape index (κ1) is 25.9. The minimum Gasteiger partial charge on any atom is -0.490 e. The lowest BCUT2D eigenvalue weighted by Gasteiger charge is -2.13. The molecule has 0 saturated carbocycles. The zero-order valence-electron chi connectivity index (χ0n) is 21.8. The van der Waals surface area contributed by atoms with Gasteiger partial charge >= 0.3 is 0 Å². The Balaban J connectivity index is 1.43. The Labute approximate surface area is 216 Å². The Morgan fingerprint density at radius 2 is 1.62 bits per heavy atom. The predicted molar refractivity (Wildman–Crippen MR) is 142 cm³/mol. The summed E-state index contributed by atoms with van der Waals surface area (Å²) in [5, 5.41) is 11.7. The number of hydrogen-bond donors (Lipinski definition) is 1. The van der Waals surface area contributed by atoms with Crippen LogP contribution >= 0.6 is 0 Å². The molecule has 2 aromatic heterocycles. The third-order valence-corrected chi connectivity index (χ3v) is 6.03. The predicted octanol–water partition coefficient (Wildman–Crippen LogP) is 3.59. The largest absolute Gasteiger partial charge is 0.490 e. The van der Waals surface area contributed by atoms with Crippen molar-refractivity contribution in [2.75, 3.05) is 19.8 Å². The number of fused-ring (bicyclic) bond motifs is 1. The molecule has 0 aliphatic heterocycles. The highest BCUT2D eigenvalue weighted by molar-refractivity contribution is 5.75. The molecule has 4 aromatic rings. The fraction of sp³-hybridized carbons (Fsp3) is 0.357. The van der Waals surface area contributed by atoms with Crippen molar-refractivity contribution < 1.29 is 14.3 Å². The molecule has 9 nitrogen and oxygen atoms in total. The van der Waals surface area contributed by atoms with E-state index in [2.05, 4.69) is 34.6 Å². The zero-order chi connectivity index (χ0) is 26.4. The van der Waals surface area contributed by atoms with E-state index >= 15 is 0 Å². The molecule has 2 heterocycles. The van der Waals surface area contributed by atoms with Crippen molar-refractivity contribution in [3.05, 3.63) is 75.8 Å². The number of ether oxygens (including phenoxy) is 2. The van der Waals surface area contributed by atoms with Crippen LogP contribution in [-0.2, 0) is 24.2 Å². The average molecular weight is 504 g/mol. The Kier molecular flexibility index (Phi) is 8.22. The smallest absolute Gasteiger partial charge is 0.293 e. The first-order chi connectivity index (χ1) is 17.9. The molecule has 0 saturated heterocycles. The summed E-state index contributed by atoms with van der Waals surface area (Å²) in [6.07, 6.45) is 1.57. The lowest BCUT2D eigenvalue weighted by molar-refractivity contribution is -0.121. The van der Waals surface area contributed by atoms with Gasteiger partial charge in [0.05, 0.1) is 18.9 Å². The highest BCUT2D eigenvalue weighted by Crippen LogP contribution is 2.28. The van der Waals surface area contributed by atoms with E-state index in [0.29, 0.717) is 54.7 Å². The fourth-order valence-corrected chi connectivity index (χ4v) is 4.12. The minimum absolute atomic E-state index is 0.171. The number of aryl methyl sites for hydroxylation is 2. The normalized spacial score (nSPS) is 11.0. The lowest BCUT2D eigenvalue weighted by atomic mass is 10.1. The number of hydrogen-bond acceptors (Lipinski definition) is 6. The van der Waals surface area contributed by atoms with Crippen LogP contribution < -0.4 is 20.3 Å². The van der Waals surface area contributed by atoms with Crippen molar-refractivity contribution in [3.63, 3.8) is 0 Å². The van der Waals surface area contributed by atoms with E-state index in [0.717, 1.165) is 17.5 Å². The van der Waals surface area contributed by atoms with Gasteiger partial charge in [-0.25, -0.2) is 9.20 Å². The van der Waals surface area contributed by atoms with E-state index in [4.69, 9.17) is 9.47 Å². The molecular formula is C28H33N5O4. The Bertz CT molecular complexity index is 1440. The Morgan fingerprint density at radius 3 is 2.32 bits per heavy atom. The molecule has 4 rings (SSSR count). The van der Waals surface area contributed by atoms with Gasteiger partial charge in [0.25, 0.3) is 5.56 Å². The third kappa shape index (κ3) is 5.99. The van der Waals surface area contributed by atoms with Crippen LogP contribution in [0.5, 0.6) is 11.5 Å². The van der Waals surface area contributed by atoms with Crippen molar-refractivity contribution in [2.45, 2.75) is 47.1 Å². The Hall–Kier alpha value is -4.14. The van der Waals surface area contributed by atoms with Crippen molar-refractivity contribution in [3.8, 4) is 22.8 Å². The van der Waals surface area contributed by atoms with E-state index < -0.39 is 0 Å². The van der Waals surface area contributed by atoms with E-state index in [1.54, 1.807) is 13.0 Å². The highest BCUT2D eigenvalue weighted by Gasteiger charge is 2.15. The van der Waals surface area contributed by atoms with Crippen LogP contribution in [0.2, 0.25) is 0 Å². The first-order valence-electron chi connectivity index (χ1n) is 12.7. The quantitative estimate of drug-likeness (QED) is 0.336. The van der Waals surface area contributed by atoms with Crippen LogP contribution in [-0.4, -0.2) is 45.1 Å². The number of carbonyl (C=O) groups excluding carboxylic acids is 1. The maximum atomic E-state index is 13.1. The van der Waals surface area contributed by atoms with Gasteiger partial charge in [0, 0.05) is 12.1 Å². The molecule has 0 aliphatic rings. The second-order valence-electron chi connectivity index (χ2n) is 8.63. The maximum Gasteiger partial charge on any atom is 0.293 e. The summed E-state index contributed by atoms with van der Waals surface area (Å²) >= 11 is 0. The maximum absolute atomic E-state index is 13.1. The second kappa shape index (κ2) is 11.7. The molecule has 0 atom stereocenters. The molecule has 1 amide bonds. The summed E-state index contributed by atoms with van der Waals surface area (Å²) in [7, 11) is 0. The standard InChI is InChI=1S/C28H33N5O4/c1-5-20-8-11-22(12-9-20)23-17-24-28(35)32(30-19(4)33(24)31-23)18-27(34)29-15-14-21-10-13-25(36-6-2)26(16-21)37-7-3/h8-13,16-17H,5-7,14-15,18H2,1-4H3,(H,29,34). The topological polar surface area (TPSA) is 99.8 Å². The second-order valence-corrected chi connectivity index (χ2v) is 8.63. The first-order valence-corrected chi connectivity index (χ1v) is 12.7. The van der Waals surface area contributed by atoms with Crippen LogP contribution in [0.1, 0.15) is 37.7 Å². The molecule has 1 N–H and O–H groups in total. The summed E-state index contributed by atoms with van der Waals surface area (Å²) in [5.41, 5.74) is 3.87. The van der Waals surface area contributed by atoms with Crippen LogP contribution in [0.3, 0.4) is 0 Å². The molecule has 0 unspecified atom stereocenters. The molecule has 0 aliphatic carbocycles. The highest BCUT2D eigenvalue weighted by atomic mass is 16.5. The molecule has 0 bridgehead atoms. The van der Waals surface area contributed by atoms with Crippen molar-refractivity contribution in [1.29, 1.82) is 0 Å². The van der Waals surface area contributed by atoms with Crippen molar-refractivity contribution in [1.82, 2.24) is 24.7 Å². The van der Waals surface area contributed by atoms with Gasteiger partial charge in [-0.1, -0.05) is 37.3 Å². The number of aromatic nitrogens is 4. The number of nitrogens with one attached hydrogen (secondary N) is 1. The van der Waals surface area contributed by atoms with Crippen LogP contribution in [0, 0.1) is 6.92 Å². The molecule has 194 valence electrons. The summed E-state index contributed by atoms with van der Waals surface area (Å²) in [6.45, 7) is 9.05. The number of nitrogens with zero attached hydrogens (tertiary/aromatic N) is 4. The van der Waals surface area contributed by atoms with Gasteiger partial charge in [-0.2, -0.15) is 10.2 Å². The monoisotopic (exact) mass is 503 g/mol. The van der Waals surface area contributed by atoms with Gasteiger partial charge in [0.2, 0.25) is 5.91 Å². The fourth-order valence-electron chi connectivity index (χ4n) is 4.12. The SMILES string of the molecule is CCOc1ccc(CCNC(=O)Cn2nc(C)n3nc(-c4ccc(CC)cc4)cc3c2=O)cc1OCC. The van der Waals surface area contributed by atoms with E-state index in [1.165, 1.54) is 14.8 Å². The molecule has 0 fully saturated rings. The van der Waals surface area contributed by atoms with Crippen LogP contribution in [0.25, 0.3) is 16.8 Å². The van der Waals surface area contributed by atoms with Gasteiger partial charge in [-0.15, -0.1) is 0 Å². The molecule has 9 heteroatoms. The van der Waals surface area contributed by atoms with Crippen molar-refractivity contribution >= 4 is 11.4 Å². The molecule has 0 spiro atoms. The van der Waals surface area contributed by atoms with Crippen LogP contribution in [0.15, 0.2) is 53.3 Å². The number of amides is 1. The van der Waals surface area contributed by atoms with E-state index in [-0.39, 0.29) is 18.0 Å². The lowest BCUT2D eigenvalue weighted by Crippen LogP contribution is -2.35. The molecular weight excluding hydrogens is 470 g/mol.